The molecule has 1 aromatic carbocycles. The molecule has 0 bridgehead atoms. The summed E-state index contributed by atoms with van der Waals surface area (Å²) < 4.78 is 16.7. The quantitative estimate of drug-likeness (QED) is 0.803. The van der Waals surface area contributed by atoms with Crippen LogP contribution in [0, 0.1) is 12.8 Å². The fourth-order valence-corrected chi connectivity index (χ4v) is 3.06. The van der Waals surface area contributed by atoms with Gasteiger partial charge in [-0.2, -0.15) is 0 Å². The van der Waals surface area contributed by atoms with Crippen LogP contribution in [-0.4, -0.2) is 43.9 Å². The van der Waals surface area contributed by atoms with E-state index < -0.39 is 0 Å². The van der Waals surface area contributed by atoms with Crippen molar-refractivity contribution in [1.82, 2.24) is 9.97 Å². The Morgan fingerprint density at radius 1 is 1.08 bits per heavy atom. The molecule has 1 fully saturated rings. The van der Waals surface area contributed by atoms with E-state index in [0.717, 1.165) is 48.9 Å². The number of aryl methyl sites for hydroxylation is 1. The molecule has 1 aliphatic rings. The number of para-hydroxylation sites is 2. The van der Waals surface area contributed by atoms with Crippen molar-refractivity contribution in [3.05, 3.63) is 36.2 Å². The Kier molecular flexibility index (Phi) is 5.58. The number of ether oxygens (including phenoxy) is 3. The van der Waals surface area contributed by atoms with Crippen LogP contribution in [0.5, 0.6) is 17.4 Å². The van der Waals surface area contributed by atoms with Crippen LogP contribution in [0.25, 0.3) is 0 Å². The minimum Gasteiger partial charge on any atom is -0.493 e. The summed E-state index contributed by atoms with van der Waals surface area (Å²) in [6.07, 6.45) is 3.83. The Morgan fingerprint density at radius 2 is 1.80 bits per heavy atom. The molecule has 0 atom stereocenters. The van der Waals surface area contributed by atoms with Crippen molar-refractivity contribution < 1.29 is 14.2 Å². The van der Waals surface area contributed by atoms with Gasteiger partial charge in [0.05, 0.1) is 32.7 Å². The maximum atomic E-state index is 5.98. The predicted octanol–water partition coefficient (Wildman–Crippen LogP) is 3.10. The maximum Gasteiger partial charge on any atom is 0.257 e. The third-order valence-electron chi connectivity index (χ3n) is 4.49. The van der Waals surface area contributed by atoms with E-state index in [1.165, 1.54) is 0 Å². The summed E-state index contributed by atoms with van der Waals surface area (Å²) in [5, 5.41) is 0. The van der Waals surface area contributed by atoms with E-state index >= 15 is 0 Å². The standard InChI is InChI=1S/C19H25N3O3/c1-14-12-20-19(24-3)18(21-14)22-10-8-15(9-11-22)13-25-17-7-5-4-6-16(17)23-2/h4-7,12,15H,8-11,13H2,1-3H3. The van der Waals surface area contributed by atoms with Gasteiger partial charge >= 0.3 is 0 Å². The lowest BCUT2D eigenvalue weighted by Crippen LogP contribution is -2.36. The predicted molar refractivity (Wildman–Crippen MR) is 96.7 cm³/mol. The fourth-order valence-electron chi connectivity index (χ4n) is 3.06. The van der Waals surface area contributed by atoms with E-state index in [2.05, 4.69) is 14.9 Å². The Bertz CT molecular complexity index is 700. The largest absolute Gasteiger partial charge is 0.493 e. The zero-order valence-electron chi connectivity index (χ0n) is 15.1. The van der Waals surface area contributed by atoms with Gasteiger partial charge in [0.2, 0.25) is 0 Å². The second-order valence-corrected chi connectivity index (χ2v) is 6.24. The fraction of sp³-hybridized carbons (Fsp3) is 0.474. The molecule has 0 N–H and O–H groups in total. The van der Waals surface area contributed by atoms with Crippen LogP contribution in [0.1, 0.15) is 18.5 Å². The van der Waals surface area contributed by atoms with Crippen molar-refractivity contribution in [2.45, 2.75) is 19.8 Å². The minimum absolute atomic E-state index is 0.518. The van der Waals surface area contributed by atoms with Crippen molar-refractivity contribution in [3.8, 4) is 17.4 Å². The molecule has 1 aromatic heterocycles. The van der Waals surface area contributed by atoms with Gasteiger partial charge in [0.15, 0.2) is 17.3 Å². The summed E-state index contributed by atoms with van der Waals surface area (Å²) in [5.74, 6) is 3.53. The summed E-state index contributed by atoms with van der Waals surface area (Å²) in [7, 11) is 3.30. The maximum absolute atomic E-state index is 5.98. The number of nitrogens with zero attached hydrogens (tertiary/aromatic N) is 3. The number of methoxy groups -OCH3 is 2. The smallest absolute Gasteiger partial charge is 0.257 e. The first kappa shape index (κ1) is 17.3. The first-order valence-corrected chi connectivity index (χ1v) is 8.59. The van der Waals surface area contributed by atoms with Crippen LogP contribution in [0.15, 0.2) is 30.5 Å². The molecule has 25 heavy (non-hydrogen) atoms. The minimum atomic E-state index is 0.518. The van der Waals surface area contributed by atoms with Gasteiger partial charge in [0.25, 0.3) is 5.88 Å². The second-order valence-electron chi connectivity index (χ2n) is 6.24. The molecule has 3 rings (SSSR count). The average Bonchev–Trinajstić information content (AvgIpc) is 2.67. The highest BCUT2D eigenvalue weighted by molar-refractivity contribution is 5.49. The molecule has 0 aliphatic carbocycles. The summed E-state index contributed by atoms with van der Waals surface area (Å²) in [4.78, 5) is 11.2. The molecule has 0 radical (unpaired) electrons. The number of piperidine rings is 1. The summed E-state index contributed by atoms with van der Waals surface area (Å²) in [5.41, 5.74) is 0.900. The molecule has 0 saturated carbocycles. The van der Waals surface area contributed by atoms with Crippen LogP contribution >= 0.6 is 0 Å². The third kappa shape index (κ3) is 4.13. The van der Waals surface area contributed by atoms with Gasteiger partial charge in [0.1, 0.15) is 0 Å². The first-order chi connectivity index (χ1) is 12.2. The van der Waals surface area contributed by atoms with E-state index in [1.54, 1.807) is 20.4 Å². The zero-order chi connectivity index (χ0) is 17.6. The van der Waals surface area contributed by atoms with Crippen LogP contribution < -0.4 is 19.1 Å². The van der Waals surface area contributed by atoms with E-state index in [4.69, 9.17) is 14.2 Å². The van der Waals surface area contributed by atoms with E-state index in [9.17, 15) is 0 Å². The average molecular weight is 343 g/mol. The van der Waals surface area contributed by atoms with Crippen molar-refractivity contribution >= 4 is 5.82 Å². The number of hydrogen-bond acceptors (Lipinski definition) is 6. The summed E-state index contributed by atoms with van der Waals surface area (Å²) >= 11 is 0. The molecule has 0 spiro atoms. The lowest BCUT2D eigenvalue weighted by molar-refractivity contribution is 0.214. The number of hydrogen-bond donors (Lipinski definition) is 0. The molecule has 0 unspecified atom stereocenters. The molecule has 1 aliphatic heterocycles. The van der Waals surface area contributed by atoms with Gasteiger partial charge in [-0.05, 0) is 37.8 Å². The second kappa shape index (κ2) is 8.05. The van der Waals surface area contributed by atoms with Crippen LogP contribution in [0.3, 0.4) is 0 Å². The molecule has 2 aromatic rings. The lowest BCUT2D eigenvalue weighted by atomic mass is 9.98. The number of aromatic nitrogens is 2. The van der Waals surface area contributed by atoms with Gasteiger partial charge in [-0.1, -0.05) is 12.1 Å². The molecule has 6 nitrogen and oxygen atoms in total. The van der Waals surface area contributed by atoms with Gasteiger partial charge < -0.3 is 19.1 Å². The molecule has 2 heterocycles. The molecule has 6 heteroatoms. The van der Waals surface area contributed by atoms with Gasteiger partial charge in [-0.25, -0.2) is 9.97 Å². The molecular formula is C19H25N3O3. The SMILES string of the molecule is COc1ccccc1OCC1CCN(c2nc(C)cnc2OC)CC1. The van der Waals surface area contributed by atoms with Crippen molar-refractivity contribution in [2.75, 3.05) is 38.8 Å². The van der Waals surface area contributed by atoms with E-state index in [1.807, 2.05) is 31.2 Å². The molecule has 0 amide bonds. The third-order valence-corrected chi connectivity index (χ3v) is 4.49. The Balaban J connectivity index is 1.56. The van der Waals surface area contributed by atoms with Crippen LogP contribution in [0.4, 0.5) is 5.82 Å². The zero-order valence-corrected chi connectivity index (χ0v) is 15.1. The number of benzene rings is 1. The molecule has 1 saturated heterocycles. The van der Waals surface area contributed by atoms with Gasteiger partial charge in [0, 0.05) is 13.1 Å². The topological polar surface area (TPSA) is 56.7 Å². The summed E-state index contributed by atoms with van der Waals surface area (Å²) in [6, 6.07) is 7.77. The molecular weight excluding hydrogens is 318 g/mol. The first-order valence-electron chi connectivity index (χ1n) is 8.59. The number of rotatable bonds is 6. The van der Waals surface area contributed by atoms with Gasteiger partial charge in [-0.3, -0.25) is 0 Å². The lowest BCUT2D eigenvalue weighted by Gasteiger charge is -2.33. The van der Waals surface area contributed by atoms with Crippen molar-refractivity contribution in [2.24, 2.45) is 5.92 Å². The Hall–Kier alpha value is -2.50. The van der Waals surface area contributed by atoms with E-state index in [-0.39, 0.29) is 0 Å². The summed E-state index contributed by atoms with van der Waals surface area (Å²) in [6.45, 7) is 4.50. The van der Waals surface area contributed by atoms with Crippen LogP contribution in [0.2, 0.25) is 0 Å². The monoisotopic (exact) mass is 343 g/mol. The van der Waals surface area contributed by atoms with Crippen LogP contribution in [-0.2, 0) is 0 Å². The number of anilines is 1. The Labute approximate surface area is 148 Å². The van der Waals surface area contributed by atoms with Crippen molar-refractivity contribution in [1.29, 1.82) is 0 Å². The van der Waals surface area contributed by atoms with Crippen molar-refractivity contribution in [3.63, 3.8) is 0 Å². The highest BCUT2D eigenvalue weighted by Gasteiger charge is 2.24. The van der Waals surface area contributed by atoms with Gasteiger partial charge in [-0.15, -0.1) is 0 Å². The Morgan fingerprint density at radius 3 is 2.48 bits per heavy atom. The van der Waals surface area contributed by atoms with E-state index in [0.29, 0.717) is 18.4 Å². The normalized spacial score (nSPS) is 15.1. The molecule has 134 valence electrons. The highest BCUT2D eigenvalue weighted by atomic mass is 16.5. The highest BCUT2D eigenvalue weighted by Crippen LogP contribution is 2.30.